The van der Waals surface area contributed by atoms with Crippen LogP contribution in [-0.2, 0) is 6.54 Å². The number of amides is 1. The number of nitrogens with zero attached hydrogens (tertiary/aromatic N) is 3. The van der Waals surface area contributed by atoms with Crippen molar-refractivity contribution < 1.29 is 4.79 Å². The normalized spacial score (nSPS) is 11.1. The maximum Gasteiger partial charge on any atom is 0.284 e. The Hall–Kier alpha value is -2.60. The van der Waals surface area contributed by atoms with Crippen LogP contribution in [0.5, 0.6) is 0 Å². The number of hydrogen-bond acceptors (Lipinski definition) is 3. The summed E-state index contributed by atoms with van der Waals surface area (Å²) in [6.45, 7) is 6.19. The number of allylic oxidation sites excluding steroid dienone is 1. The second-order valence-corrected chi connectivity index (χ2v) is 4.54. The zero-order valence-electron chi connectivity index (χ0n) is 11.1. The van der Waals surface area contributed by atoms with Crippen LogP contribution in [-0.4, -0.2) is 19.9 Å². The molecule has 0 bridgehead atoms. The van der Waals surface area contributed by atoms with Gasteiger partial charge in [-0.15, -0.1) is 6.58 Å². The molecule has 1 aromatic carbocycles. The molecule has 0 aliphatic heterocycles. The predicted octanol–water partition coefficient (Wildman–Crippen LogP) is 1.39. The minimum absolute atomic E-state index is 0.350. The molecule has 0 saturated heterocycles. The Bertz CT molecular complexity index is 827. The number of nitrogens with one attached hydrogen (secondary N) is 1. The van der Waals surface area contributed by atoms with Crippen molar-refractivity contribution in [3.05, 3.63) is 48.3 Å². The highest BCUT2D eigenvalue weighted by Crippen LogP contribution is 2.24. The summed E-state index contributed by atoms with van der Waals surface area (Å²) in [6, 6.07) is 7.83. The van der Waals surface area contributed by atoms with Crippen molar-refractivity contribution >= 4 is 22.7 Å². The summed E-state index contributed by atoms with van der Waals surface area (Å²) in [7, 11) is 0. The molecule has 0 aliphatic rings. The number of carbonyl (C=O) groups is 1. The van der Waals surface area contributed by atoms with Gasteiger partial charge in [-0.3, -0.25) is 14.6 Å². The SMILES string of the molecule is C=CCn1c2ccccc2n2c(C(=O)NN)c(C)nc12. The monoisotopic (exact) mass is 269 g/mol. The zero-order valence-corrected chi connectivity index (χ0v) is 11.1. The highest BCUT2D eigenvalue weighted by molar-refractivity contribution is 5.96. The van der Waals surface area contributed by atoms with Crippen LogP contribution in [0.25, 0.3) is 16.8 Å². The van der Waals surface area contributed by atoms with Gasteiger partial charge in [0.2, 0.25) is 5.78 Å². The molecule has 1 amide bonds. The number of hydrazine groups is 1. The number of rotatable bonds is 3. The number of benzene rings is 1. The van der Waals surface area contributed by atoms with Crippen LogP contribution in [0.4, 0.5) is 0 Å². The van der Waals surface area contributed by atoms with E-state index in [2.05, 4.69) is 17.0 Å². The van der Waals surface area contributed by atoms with E-state index in [1.165, 1.54) is 0 Å². The van der Waals surface area contributed by atoms with Crippen LogP contribution in [0.1, 0.15) is 16.2 Å². The quantitative estimate of drug-likeness (QED) is 0.326. The minimum Gasteiger partial charge on any atom is -0.306 e. The van der Waals surface area contributed by atoms with Crippen LogP contribution in [0, 0.1) is 6.92 Å². The zero-order chi connectivity index (χ0) is 14.3. The third-order valence-corrected chi connectivity index (χ3v) is 3.35. The summed E-state index contributed by atoms with van der Waals surface area (Å²) < 4.78 is 3.85. The number of aromatic nitrogens is 3. The number of carbonyl (C=O) groups excluding carboxylic acids is 1. The number of hydrogen-bond donors (Lipinski definition) is 2. The summed E-state index contributed by atoms with van der Waals surface area (Å²) in [5.74, 6) is 5.63. The molecule has 0 unspecified atom stereocenters. The summed E-state index contributed by atoms with van der Waals surface area (Å²) in [6.07, 6.45) is 1.80. The van der Waals surface area contributed by atoms with Gasteiger partial charge < -0.3 is 4.57 Å². The highest BCUT2D eigenvalue weighted by Gasteiger charge is 2.21. The molecule has 0 atom stereocenters. The molecule has 20 heavy (non-hydrogen) atoms. The first-order valence-electron chi connectivity index (χ1n) is 6.27. The summed E-state index contributed by atoms with van der Waals surface area (Å²) in [4.78, 5) is 16.5. The average molecular weight is 269 g/mol. The topological polar surface area (TPSA) is 77.3 Å². The largest absolute Gasteiger partial charge is 0.306 e. The maximum absolute atomic E-state index is 12.0. The first-order valence-corrected chi connectivity index (χ1v) is 6.27. The standard InChI is InChI=1S/C14H15N5O/c1-3-8-18-10-6-4-5-7-11(10)19-12(13(20)17-15)9(2)16-14(18)19/h3-7H,1,8,15H2,2H3,(H,17,20). The molecule has 3 rings (SSSR count). The number of imidazole rings is 2. The molecule has 0 radical (unpaired) electrons. The fourth-order valence-electron chi connectivity index (χ4n) is 2.56. The number of aryl methyl sites for hydroxylation is 1. The molecular weight excluding hydrogens is 254 g/mol. The van der Waals surface area contributed by atoms with Gasteiger partial charge in [-0.2, -0.15) is 0 Å². The van der Waals surface area contributed by atoms with Crippen molar-refractivity contribution in [1.82, 2.24) is 19.4 Å². The van der Waals surface area contributed by atoms with Gasteiger partial charge in [-0.25, -0.2) is 10.8 Å². The summed E-state index contributed by atoms with van der Waals surface area (Å²) in [5.41, 5.74) is 5.20. The second kappa shape index (κ2) is 4.50. The van der Waals surface area contributed by atoms with E-state index in [0.29, 0.717) is 23.7 Å². The lowest BCUT2D eigenvalue weighted by Gasteiger charge is -2.00. The van der Waals surface area contributed by atoms with Crippen LogP contribution in [0.3, 0.4) is 0 Å². The Morgan fingerprint density at radius 1 is 1.45 bits per heavy atom. The van der Waals surface area contributed by atoms with Gasteiger partial charge in [0.25, 0.3) is 5.91 Å². The van der Waals surface area contributed by atoms with Gasteiger partial charge in [-0.1, -0.05) is 18.2 Å². The molecule has 0 fully saturated rings. The lowest BCUT2D eigenvalue weighted by Crippen LogP contribution is -2.31. The van der Waals surface area contributed by atoms with Crippen LogP contribution in [0.15, 0.2) is 36.9 Å². The Morgan fingerprint density at radius 2 is 2.15 bits per heavy atom. The fourth-order valence-corrected chi connectivity index (χ4v) is 2.56. The molecule has 0 spiro atoms. The Balaban J connectivity index is 2.49. The van der Waals surface area contributed by atoms with Crippen LogP contribution in [0.2, 0.25) is 0 Å². The van der Waals surface area contributed by atoms with Crippen molar-refractivity contribution in [3.8, 4) is 0 Å². The first kappa shape index (κ1) is 12.4. The van der Waals surface area contributed by atoms with E-state index in [0.717, 1.165) is 11.0 Å². The fraction of sp³-hybridized carbons (Fsp3) is 0.143. The van der Waals surface area contributed by atoms with Gasteiger partial charge in [0, 0.05) is 6.54 Å². The van der Waals surface area contributed by atoms with E-state index in [9.17, 15) is 4.79 Å². The summed E-state index contributed by atoms with van der Waals surface area (Å²) in [5, 5.41) is 0. The van der Waals surface area contributed by atoms with E-state index >= 15 is 0 Å². The van der Waals surface area contributed by atoms with Gasteiger partial charge in [0.05, 0.1) is 16.7 Å². The molecule has 3 aromatic rings. The van der Waals surface area contributed by atoms with Crippen molar-refractivity contribution in [2.24, 2.45) is 5.84 Å². The molecule has 3 N–H and O–H groups in total. The van der Waals surface area contributed by atoms with Gasteiger partial charge in [-0.05, 0) is 19.1 Å². The van der Waals surface area contributed by atoms with Crippen molar-refractivity contribution in [1.29, 1.82) is 0 Å². The first-order chi connectivity index (χ1) is 9.69. The van der Waals surface area contributed by atoms with Crippen molar-refractivity contribution in [3.63, 3.8) is 0 Å². The average Bonchev–Trinajstić information content (AvgIpc) is 2.94. The minimum atomic E-state index is -0.350. The van der Waals surface area contributed by atoms with Gasteiger partial charge >= 0.3 is 0 Å². The molecule has 2 heterocycles. The third-order valence-electron chi connectivity index (χ3n) is 3.35. The third kappa shape index (κ3) is 1.55. The molecule has 102 valence electrons. The molecule has 6 nitrogen and oxygen atoms in total. The van der Waals surface area contributed by atoms with Gasteiger partial charge in [0.15, 0.2) is 0 Å². The van der Waals surface area contributed by atoms with E-state index in [1.807, 2.05) is 33.2 Å². The smallest absolute Gasteiger partial charge is 0.284 e. The maximum atomic E-state index is 12.0. The molecule has 0 aliphatic carbocycles. The predicted molar refractivity (Wildman–Crippen MR) is 77.3 cm³/mol. The van der Waals surface area contributed by atoms with E-state index in [-0.39, 0.29) is 5.91 Å². The molecule has 2 aromatic heterocycles. The Morgan fingerprint density at radius 3 is 2.80 bits per heavy atom. The highest BCUT2D eigenvalue weighted by atomic mass is 16.2. The van der Waals surface area contributed by atoms with Crippen molar-refractivity contribution in [2.45, 2.75) is 13.5 Å². The number of nitrogens with two attached hydrogens (primary N) is 1. The lowest BCUT2D eigenvalue weighted by molar-refractivity contribution is 0.0947. The second-order valence-electron chi connectivity index (χ2n) is 4.54. The number of para-hydroxylation sites is 2. The Kier molecular flexibility index (Phi) is 2.80. The van der Waals surface area contributed by atoms with Crippen LogP contribution >= 0.6 is 0 Å². The Labute approximate surface area is 115 Å². The van der Waals surface area contributed by atoms with E-state index in [1.54, 1.807) is 13.0 Å². The molecular formula is C14H15N5O. The van der Waals surface area contributed by atoms with Crippen LogP contribution < -0.4 is 11.3 Å². The number of fused-ring (bicyclic) bond motifs is 3. The van der Waals surface area contributed by atoms with E-state index in [4.69, 9.17) is 5.84 Å². The lowest BCUT2D eigenvalue weighted by atomic mass is 10.3. The molecule has 0 saturated carbocycles. The number of nitrogen functional groups attached to an aromatic ring is 1. The van der Waals surface area contributed by atoms with Crippen molar-refractivity contribution in [2.75, 3.05) is 0 Å². The summed E-state index contributed by atoms with van der Waals surface area (Å²) >= 11 is 0. The van der Waals surface area contributed by atoms with E-state index < -0.39 is 0 Å². The molecule has 6 heteroatoms. The van der Waals surface area contributed by atoms with Gasteiger partial charge in [0.1, 0.15) is 5.69 Å².